The molecule has 0 radical (unpaired) electrons. The molecule has 0 bridgehead atoms. The van der Waals surface area contributed by atoms with Crippen LogP contribution in [0.2, 0.25) is 0 Å². The average Bonchev–Trinajstić information content (AvgIpc) is 2.31. The number of nitrogens with one attached hydrogen (secondary N) is 1. The van der Waals surface area contributed by atoms with E-state index in [1.165, 1.54) is 11.3 Å². The van der Waals surface area contributed by atoms with Crippen molar-refractivity contribution in [2.75, 3.05) is 38.7 Å². The van der Waals surface area contributed by atoms with E-state index in [2.05, 4.69) is 56.2 Å². The van der Waals surface area contributed by atoms with Crippen LogP contribution in [0.1, 0.15) is 26.3 Å². The monoisotopic (exact) mass is 262 g/mol. The molecule has 1 aliphatic heterocycles. The third-order valence-electron chi connectivity index (χ3n) is 3.85. The second-order valence-electron chi connectivity index (χ2n) is 6.54. The lowest BCUT2D eigenvalue weighted by Crippen LogP contribution is -2.47. The highest BCUT2D eigenvalue weighted by molar-refractivity contribution is 5.60. The molecule has 0 aromatic heterocycles. The van der Waals surface area contributed by atoms with Crippen LogP contribution in [0.25, 0.3) is 0 Å². The van der Waals surface area contributed by atoms with E-state index in [9.17, 15) is 0 Å². The molecule has 1 saturated heterocycles. The van der Waals surface area contributed by atoms with Gasteiger partial charge in [-0.15, -0.1) is 0 Å². The highest BCUT2D eigenvalue weighted by Crippen LogP contribution is 2.33. The van der Waals surface area contributed by atoms with Crippen LogP contribution in [0.5, 0.6) is 5.75 Å². The summed E-state index contributed by atoms with van der Waals surface area (Å²) in [6.45, 7) is 10.1. The summed E-state index contributed by atoms with van der Waals surface area (Å²) >= 11 is 0. The summed E-state index contributed by atoms with van der Waals surface area (Å²) in [5.74, 6) is 1.72. The van der Waals surface area contributed by atoms with Gasteiger partial charge in [-0.25, -0.2) is 0 Å². The molecule has 1 aliphatic rings. The Balaban J connectivity index is 2.24. The second kappa shape index (κ2) is 5.41. The molecule has 0 spiro atoms. The summed E-state index contributed by atoms with van der Waals surface area (Å²) in [6.07, 6.45) is 0. The second-order valence-corrected chi connectivity index (χ2v) is 6.54. The van der Waals surface area contributed by atoms with E-state index in [1.54, 1.807) is 7.11 Å². The van der Waals surface area contributed by atoms with E-state index in [0.717, 1.165) is 31.3 Å². The smallest absolute Gasteiger partial charge is 0.142 e. The van der Waals surface area contributed by atoms with Crippen LogP contribution in [0, 0.1) is 5.92 Å². The van der Waals surface area contributed by atoms with Crippen LogP contribution >= 0.6 is 0 Å². The molecule has 1 aromatic rings. The third kappa shape index (κ3) is 3.21. The van der Waals surface area contributed by atoms with Crippen molar-refractivity contribution in [3.63, 3.8) is 0 Å². The zero-order valence-corrected chi connectivity index (χ0v) is 12.8. The van der Waals surface area contributed by atoms with Crippen molar-refractivity contribution < 1.29 is 4.74 Å². The maximum Gasteiger partial charge on any atom is 0.142 e. The standard InChI is InChI=1S/C16H26N2O/c1-16(2,3)13-6-7-15(19-5)14(8-13)18(4)11-12-9-17-10-12/h6-8,12,17H,9-11H2,1-5H3. The summed E-state index contributed by atoms with van der Waals surface area (Å²) in [6, 6.07) is 6.53. The Morgan fingerprint density at radius 2 is 2.00 bits per heavy atom. The summed E-state index contributed by atoms with van der Waals surface area (Å²) in [5.41, 5.74) is 2.71. The normalized spacial score (nSPS) is 16.1. The highest BCUT2D eigenvalue weighted by Gasteiger charge is 2.22. The van der Waals surface area contributed by atoms with Crippen LogP contribution in [0.3, 0.4) is 0 Å². The van der Waals surface area contributed by atoms with Gasteiger partial charge in [-0.1, -0.05) is 26.8 Å². The maximum absolute atomic E-state index is 5.51. The number of anilines is 1. The predicted molar refractivity (Wildman–Crippen MR) is 81.3 cm³/mol. The first-order chi connectivity index (χ1) is 8.91. The molecule has 1 N–H and O–H groups in total. The Hall–Kier alpha value is -1.22. The molecule has 1 aromatic carbocycles. The van der Waals surface area contributed by atoms with Gasteiger partial charge in [-0.3, -0.25) is 0 Å². The largest absolute Gasteiger partial charge is 0.495 e. The molecule has 3 heteroatoms. The minimum Gasteiger partial charge on any atom is -0.495 e. The van der Waals surface area contributed by atoms with Gasteiger partial charge in [0, 0.05) is 32.6 Å². The van der Waals surface area contributed by atoms with Crippen LogP contribution in [0.15, 0.2) is 18.2 Å². The van der Waals surface area contributed by atoms with Gasteiger partial charge in [0.25, 0.3) is 0 Å². The first-order valence-electron chi connectivity index (χ1n) is 7.02. The number of hydrogen-bond donors (Lipinski definition) is 1. The Morgan fingerprint density at radius 3 is 2.47 bits per heavy atom. The van der Waals surface area contributed by atoms with E-state index < -0.39 is 0 Å². The maximum atomic E-state index is 5.51. The van der Waals surface area contributed by atoms with Gasteiger partial charge in [-0.2, -0.15) is 0 Å². The number of rotatable bonds is 4. The lowest BCUT2D eigenvalue weighted by molar-refractivity contribution is 0.351. The van der Waals surface area contributed by atoms with Crippen molar-refractivity contribution in [2.45, 2.75) is 26.2 Å². The molecule has 3 nitrogen and oxygen atoms in total. The molecule has 0 aliphatic carbocycles. The number of ether oxygens (including phenoxy) is 1. The van der Waals surface area contributed by atoms with Crippen molar-refractivity contribution in [3.05, 3.63) is 23.8 Å². The van der Waals surface area contributed by atoms with Gasteiger partial charge in [0.2, 0.25) is 0 Å². The highest BCUT2D eigenvalue weighted by atomic mass is 16.5. The van der Waals surface area contributed by atoms with Crippen molar-refractivity contribution in [3.8, 4) is 5.75 Å². The van der Waals surface area contributed by atoms with Gasteiger partial charge in [0.1, 0.15) is 5.75 Å². The summed E-state index contributed by atoms with van der Waals surface area (Å²) in [4.78, 5) is 2.32. The quantitative estimate of drug-likeness (QED) is 0.903. The van der Waals surface area contributed by atoms with E-state index in [1.807, 2.05) is 0 Å². The molecule has 0 atom stereocenters. The summed E-state index contributed by atoms with van der Waals surface area (Å²) in [5, 5.41) is 3.32. The zero-order valence-electron chi connectivity index (χ0n) is 12.8. The number of methoxy groups -OCH3 is 1. The molecular formula is C16H26N2O. The van der Waals surface area contributed by atoms with E-state index >= 15 is 0 Å². The molecule has 19 heavy (non-hydrogen) atoms. The zero-order chi connectivity index (χ0) is 14.0. The third-order valence-corrected chi connectivity index (χ3v) is 3.85. The van der Waals surface area contributed by atoms with Gasteiger partial charge >= 0.3 is 0 Å². The first-order valence-corrected chi connectivity index (χ1v) is 7.02. The Morgan fingerprint density at radius 1 is 1.32 bits per heavy atom. The molecule has 0 amide bonds. The van der Waals surface area contributed by atoms with Crippen LogP contribution in [-0.2, 0) is 5.41 Å². The topological polar surface area (TPSA) is 24.5 Å². The fourth-order valence-electron chi connectivity index (χ4n) is 2.42. The number of benzene rings is 1. The Bertz CT molecular complexity index is 433. The SMILES string of the molecule is COc1ccc(C(C)(C)C)cc1N(C)CC1CNC1. The number of nitrogens with zero attached hydrogens (tertiary/aromatic N) is 1. The average molecular weight is 262 g/mol. The number of hydrogen-bond acceptors (Lipinski definition) is 3. The van der Waals surface area contributed by atoms with E-state index in [4.69, 9.17) is 4.74 Å². The van der Waals surface area contributed by atoms with Crippen molar-refractivity contribution in [2.24, 2.45) is 5.92 Å². The van der Waals surface area contributed by atoms with Crippen molar-refractivity contribution in [1.29, 1.82) is 0 Å². The molecule has 2 rings (SSSR count). The first kappa shape index (κ1) is 14.2. The van der Waals surface area contributed by atoms with Gasteiger partial charge in [0.05, 0.1) is 12.8 Å². The minimum atomic E-state index is 0.167. The fraction of sp³-hybridized carbons (Fsp3) is 0.625. The molecule has 0 saturated carbocycles. The summed E-state index contributed by atoms with van der Waals surface area (Å²) < 4.78 is 5.51. The van der Waals surface area contributed by atoms with Gasteiger partial charge < -0.3 is 15.0 Å². The molecule has 106 valence electrons. The molecule has 1 fully saturated rings. The molecular weight excluding hydrogens is 236 g/mol. The lowest BCUT2D eigenvalue weighted by atomic mass is 9.86. The fourth-order valence-corrected chi connectivity index (χ4v) is 2.42. The van der Waals surface area contributed by atoms with Crippen LogP contribution in [-0.4, -0.2) is 33.8 Å². The van der Waals surface area contributed by atoms with E-state index in [0.29, 0.717) is 0 Å². The van der Waals surface area contributed by atoms with Crippen LogP contribution in [0.4, 0.5) is 5.69 Å². The van der Waals surface area contributed by atoms with Gasteiger partial charge in [0.15, 0.2) is 0 Å². The summed E-state index contributed by atoms with van der Waals surface area (Å²) in [7, 11) is 3.90. The van der Waals surface area contributed by atoms with E-state index in [-0.39, 0.29) is 5.41 Å². The minimum absolute atomic E-state index is 0.167. The molecule has 0 unspecified atom stereocenters. The van der Waals surface area contributed by atoms with Gasteiger partial charge in [-0.05, 0) is 23.1 Å². The molecule has 1 heterocycles. The Labute approximate surface area is 116 Å². The van der Waals surface area contributed by atoms with Crippen molar-refractivity contribution >= 4 is 5.69 Å². The predicted octanol–water partition coefficient (Wildman–Crippen LogP) is 2.65. The Kier molecular flexibility index (Phi) is 4.04. The lowest BCUT2D eigenvalue weighted by Gasteiger charge is -2.33. The van der Waals surface area contributed by atoms with Crippen molar-refractivity contribution in [1.82, 2.24) is 5.32 Å². The van der Waals surface area contributed by atoms with Crippen LogP contribution < -0.4 is 15.0 Å².